The number of hydrogen-bond acceptors (Lipinski definition) is 6. The summed E-state index contributed by atoms with van der Waals surface area (Å²) in [6.07, 6.45) is 1.38. The van der Waals surface area contributed by atoms with Crippen LogP contribution >= 0.6 is 34.8 Å². The van der Waals surface area contributed by atoms with E-state index in [0.29, 0.717) is 28.0 Å². The van der Waals surface area contributed by atoms with Crippen LogP contribution in [0.15, 0.2) is 39.8 Å². The van der Waals surface area contributed by atoms with Crippen molar-refractivity contribution in [2.24, 2.45) is 0 Å². The Morgan fingerprint density at radius 3 is 2.68 bits per heavy atom. The summed E-state index contributed by atoms with van der Waals surface area (Å²) in [5.74, 6) is 0.505. The van der Waals surface area contributed by atoms with Gasteiger partial charge >= 0.3 is 0 Å². The number of carbonyl (C=O) groups is 1. The van der Waals surface area contributed by atoms with Crippen LogP contribution in [0.5, 0.6) is 0 Å². The zero-order valence-electron chi connectivity index (χ0n) is 14.7. The minimum atomic E-state index is -0.581. The lowest BCUT2D eigenvalue weighted by molar-refractivity contribution is -0.115. The van der Waals surface area contributed by atoms with Crippen molar-refractivity contribution in [3.05, 3.63) is 61.6 Å². The number of benzene rings is 1. The Hall–Kier alpha value is -2.55. The molecule has 0 aliphatic heterocycles. The highest BCUT2D eigenvalue weighted by molar-refractivity contribution is 6.36. The molecule has 3 rings (SSSR count). The van der Waals surface area contributed by atoms with Gasteiger partial charge in [0, 0.05) is 18.1 Å². The number of aryl methyl sites for hydroxylation is 1. The van der Waals surface area contributed by atoms with E-state index in [1.54, 1.807) is 32.2 Å². The molecule has 0 fully saturated rings. The molecule has 8 nitrogen and oxygen atoms in total. The maximum absolute atomic E-state index is 12.6. The highest BCUT2D eigenvalue weighted by Crippen LogP contribution is 2.25. The summed E-state index contributed by atoms with van der Waals surface area (Å²) in [5.41, 5.74) is 0.0496. The summed E-state index contributed by atoms with van der Waals surface area (Å²) in [7, 11) is 1.61. The standard InChI is InChI=1S/C17H14Cl3N5O3/c1-9-5-14(23-28-9)22-15(26)8-24(2)13-7-21-25(17(27)16(13)20)12-4-3-10(18)6-11(12)19/h3-7H,8H2,1-2H3,(H,22,23,26). The highest BCUT2D eigenvalue weighted by Gasteiger charge is 2.18. The van der Waals surface area contributed by atoms with E-state index in [1.807, 2.05) is 0 Å². The van der Waals surface area contributed by atoms with Gasteiger partial charge in [0.15, 0.2) is 5.82 Å². The number of aromatic nitrogens is 3. The molecule has 1 aromatic carbocycles. The van der Waals surface area contributed by atoms with E-state index in [0.717, 1.165) is 4.68 Å². The van der Waals surface area contributed by atoms with Crippen molar-refractivity contribution >= 4 is 52.2 Å². The number of carbonyl (C=O) groups excluding carboxylic acids is 1. The fourth-order valence-electron chi connectivity index (χ4n) is 2.42. The summed E-state index contributed by atoms with van der Waals surface area (Å²) in [6, 6.07) is 6.23. The molecule has 2 heterocycles. The van der Waals surface area contributed by atoms with E-state index in [-0.39, 0.29) is 22.5 Å². The molecule has 1 amide bonds. The van der Waals surface area contributed by atoms with Gasteiger partial charge in [0.2, 0.25) is 5.91 Å². The average Bonchev–Trinajstić information content (AvgIpc) is 3.02. The van der Waals surface area contributed by atoms with E-state index >= 15 is 0 Å². The predicted molar refractivity (Wildman–Crippen MR) is 108 cm³/mol. The number of anilines is 2. The molecule has 0 bridgehead atoms. The second kappa shape index (κ2) is 8.22. The summed E-state index contributed by atoms with van der Waals surface area (Å²) in [6.45, 7) is 1.63. The molecule has 1 N–H and O–H groups in total. The molecule has 0 aliphatic carbocycles. The first-order valence-corrected chi connectivity index (χ1v) is 9.07. The maximum Gasteiger partial charge on any atom is 0.292 e. The van der Waals surface area contributed by atoms with Gasteiger partial charge in [-0.2, -0.15) is 9.78 Å². The summed E-state index contributed by atoms with van der Waals surface area (Å²) in [5, 5.41) is 11.0. The monoisotopic (exact) mass is 441 g/mol. The van der Waals surface area contributed by atoms with Crippen LogP contribution in [0.1, 0.15) is 5.76 Å². The Morgan fingerprint density at radius 1 is 1.29 bits per heavy atom. The molecular formula is C17H14Cl3N5O3. The first kappa shape index (κ1) is 20.2. The van der Waals surface area contributed by atoms with Gasteiger partial charge in [-0.1, -0.05) is 40.0 Å². The van der Waals surface area contributed by atoms with Crippen LogP contribution in [0.3, 0.4) is 0 Å². The minimum absolute atomic E-state index is 0.0849. The third-order valence-corrected chi connectivity index (χ3v) is 4.62. The smallest absolute Gasteiger partial charge is 0.292 e. The number of hydrogen-bond donors (Lipinski definition) is 1. The topological polar surface area (TPSA) is 93.3 Å². The van der Waals surface area contributed by atoms with Crippen molar-refractivity contribution in [2.75, 3.05) is 23.8 Å². The Kier molecular flexibility index (Phi) is 5.93. The van der Waals surface area contributed by atoms with E-state index in [1.165, 1.54) is 17.2 Å². The fraction of sp³-hybridized carbons (Fsp3) is 0.176. The Balaban J connectivity index is 1.81. The average molecular weight is 443 g/mol. The molecule has 0 saturated carbocycles. The van der Waals surface area contributed by atoms with E-state index in [9.17, 15) is 9.59 Å². The van der Waals surface area contributed by atoms with Crippen LogP contribution in [0.25, 0.3) is 5.69 Å². The summed E-state index contributed by atoms with van der Waals surface area (Å²) in [4.78, 5) is 26.3. The molecular weight excluding hydrogens is 429 g/mol. The first-order valence-electron chi connectivity index (χ1n) is 7.94. The first-order chi connectivity index (χ1) is 13.3. The molecule has 0 radical (unpaired) electrons. The fourth-order valence-corrected chi connectivity index (χ4v) is 3.18. The summed E-state index contributed by atoms with van der Waals surface area (Å²) < 4.78 is 5.96. The van der Waals surface area contributed by atoms with Crippen LogP contribution in [0, 0.1) is 6.92 Å². The van der Waals surface area contributed by atoms with Crippen molar-refractivity contribution < 1.29 is 9.32 Å². The second-order valence-corrected chi connectivity index (χ2v) is 7.11. The molecule has 0 aliphatic rings. The minimum Gasteiger partial charge on any atom is -0.363 e. The van der Waals surface area contributed by atoms with E-state index in [2.05, 4.69) is 15.6 Å². The van der Waals surface area contributed by atoms with Gasteiger partial charge in [0.25, 0.3) is 5.56 Å². The van der Waals surface area contributed by atoms with Crippen LogP contribution in [0.4, 0.5) is 11.5 Å². The van der Waals surface area contributed by atoms with Gasteiger partial charge in [0.1, 0.15) is 10.8 Å². The van der Waals surface area contributed by atoms with Crippen molar-refractivity contribution in [2.45, 2.75) is 6.92 Å². The number of nitrogens with one attached hydrogen (secondary N) is 1. The number of amides is 1. The van der Waals surface area contributed by atoms with Gasteiger partial charge in [-0.25, -0.2) is 0 Å². The third kappa shape index (κ3) is 4.30. The Bertz CT molecular complexity index is 1100. The van der Waals surface area contributed by atoms with Gasteiger partial charge in [-0.05, 0) is 25.1 Å². The van der Waals surface area contributed by atoms with Gasteiger partial charge in [-0.3, -0.25) is 9.59 Å². The molecule has 0 unspecified atom stereocenters. The van der Waals surface area contributed by atoms with Gasteiger partial charge in [-0.15, -0.1) is 0 Å². The second-order valence-electron chi connectivity index (χ2n) is 5.88. The van der Waals surface area contributed by atoms with Crippen LogP contribution in [-0.2, 0) is 4.79 Å². The van der Waals surface area contributed by atoms with Crippen molar-refractivity contribution in [1.82, 2.24) is 14.9 Å². The molecule has 146 valence electrons. The molecule has 0 saturated heterocycles. The largest absolute Gasteiger partial charge is 0.363 e. The SMILES string of the molecule is Cc1cc(NC(=O)CN(C)c2cnn(-c3ccc(Cl)cc3Cl)c(=O)c2Cl)no1. The maximum atomic E-state index is 12.6. The van der Waals surface area contributed by atoms with Crippen molar-refractivity contribution in [1.29, 1.82) is 0 Å². The van der Waals surface area contributed by atoms with E-state index < -0.39 is 5.56 Å². The van der Waals surface area contributed by atoms with Gasteiger partial charge in [0.05, 0.1) is 29.1 Å². The number of halogens is 3. The van der Waals surface area contributed by atoms with Crippen LogP contribution < -0.4 is 15.8 Å². The normalized spacial score (nSPS) is 10.8. The number of likely N-dealkylation sites (N-methyl/N-ethyl adjacent to an activating group) is 1. The number of rotatable bonds is 5. The molecule has 28 heavy (non-hydrogen) atoms. The predicted octanol–water partition coefficient (Wildman–Crippen LogP) is 3.56. The molecule has 0 spiro atoms. The van der Waals surface area contributed by atoms with Crippen LogP contribution in [0.2, 0.25) is 15.1 Å². The number of nitrogens with zero attached hydrogens (tertiary/aromatic N) is 4. The van der Waals surface area contributed by atoms with Crippen molar-refractivity contribution in [3.63, 3.8) is 0 Å². The molecule has 3 aromatic rings. The zero-order chi connectivity index (χ0) is 20.4. The highest BCUT2D eigenvalue weighted by atomic mass is 35.5. The quantitative estimate of drug-likeness (QED) is 0.649. The molecule has 2 aromatic heterocycles. The molecule has 0 atom stereocenters. The van der Waals surface area contributed by atoms with Crippen molar-refractivity contribution in [3.8, 4) is 5.69 Å². The third-order valence-electron chi connectivity index (χ3n) is 3.73. The molecule has 11 heteroatoms. The lowest BCUT2D eigenvalue weighted by Gasteiger charge is -2.19. The summed E-state index contributed by atoms with van der Waals surface area (Å²) >= 11 is 18.2. The Labute approximate surface area is 174 Å². The van der Waals surface area contributed by atoms with Gasteiger partial charge < -0.3 is 14.7 Å². The lowest BCUT2D eigenvalue weighted by atomic mass is 10.3. The Morgan fingerprint density at radius 2 is 2.04 bits per heavy atom. The zero-order valence-corrected chi connectivity index (χ0v) is 17.0. The van der Waals surface area contributed by atoms with E-state index in [4.69, 9.17) is 39.3 Å². The lowest BCUT2D eigenvalue weighted by Crippen LogP contribution is -2.32. The van der Waals surface area contributed by atoms with Crippen LogP contribution in [-0.4, -0.2) is 34.4 Å².